The average Bonchev–Trinajstić information content (AvgIpc) is 3.23. The van der Waals surface area contributed by atoms with E-state index in [1.807, 2.05) is 68.4 Å². The summed E-state index contributed by atoms with van der Waals surface area (Å²) < 4.78 is 16.4. The highest BCUT2D eigenvalue weighted by Crippen LogP contribution is 2.31. The number of nitrogens with one attached hydrogen (secondary N) is 1. The van der Waals surface area contributed by atoms with Crippen molar-refractivity contribution in [2.24, 2.45) is 0 Å². The summed E-state index contributed by atoms with van der Waals surface area (Å²) in [5.74, 6) is 2.49. The lowest BCUT2D eigenvalue weighted by molar-refractivity contribution is 0.0941. The fraction of sp³-hybridized carbons (Fsp3) is 0.200. The number of carbonyl (C=O) groups is 1. The number of amides is 1. The van der Waals surface area contributed by atoms with E-state index in [1.54, 1.807) is 20.3 Å². The van der Waals surface area contributed by atoms with Crippen LogP contribution in [0.25, 0.3) is 22.4 Å². The number of furan rings is 1. The van der Waals surface area contributed by atoms with Gasteiger partial charge in [-0.2, -0.15) is 0 Å². The van der Waals surface area contributed by atoms with Crippen molar-refractivity contribution in [3.8, 4) is 23.0 Å². The zero-order valence-corrected chi connectivity index (χ0v) is 17.9. The molecule has 0 fully saturated rings. The number of pyridine rings is 1. The largest absolute Gasteiger partial charge is 0.493 e. The van der Waals surface area contributed by atoms with Crippen molar-refractivity contribution in [3.05, 3.63) is 77.6 Å². The summed E-state index contributed by atoms with van der Waals surface area (Å²) >= 11 is 0. The zero-order chi connectivity index (χ0) is 22.0. The van der Waals surface area contributed by atoms with Crippen LogP contribution in [-0.4, -0.2) is 25.1 Å². The first kappa shape index (κ1) is 20.5. The van der Waals surface area contributed by atoms with Gasteiger partial charge in [0.1, 0.15) is 11.5 Å². The molecule has 31 heavy (non-hydrogen) atoms. The molecule has 4 aromatic rings. The van der Waals surface area contributed by atoms with Gasteiger partial charge in [-0.05, 0) is 55.8 Å². The van der Waals surface area contributed by atoms with Crippen molar-refractivity contribution in [2.75, 3.05) is 14.2 Å². The highest BCUT2D eigenvalue weighted by atomic mass is 16.5. The molecule has 0 aliphatic carbocycles. The molecular weight excluding hydrogens is 392 g/mol. The molecule has 6 heteroatoms. The third kappa shape index (κ3) is 4.10. The molecule has 0 aliphatic heterocycles. The predicted molar refractivity (Wildman–Crippen MR) is 120 cm³/mol. The summed E-state index contributed by atoms with van der Waals surface area (Å²) in [5.41, 5.74) is 2.81. The predicted octanol–water partition coefficient (Wildman–Crippen LogP) is 5.31. The lowest BCUT2D eigenvalue weighted by Crippen LogP contribution is -2.27. The fourth-order valence-electron chi connectivity index (χ4n) is 3.54. The molecule has 2 aromatic heterocycles. The monoisotopic (exact) mass is 416 g/mol. The first-order chi connectivity index (χ1) is 15.0. The summed E-state index contributed by atoms with van der Waals surface area (Å²) in [7, 11) is 3.18. The van der Waals surface area contributed by atoms with Crippen LogP contribution in [0.2, 0.25) is 0 Å². The molecule has 2 heterocycles. The van der Waals surface area contributed by atoms with Crippen LogP contribution in [-0.2, 0) is 0 Å². The van der Waals surface area contributed by atoms with Crippen LogP contribution < -0.4 is 14.8 Å². The minimum atomic E-state index is -0.242. The SMILES string of the molecule is COc1ccc([C@H](C)NC(=O)c2cc(-c3ccc(C)o3)nc3ccccc23)cc1OC. The Bertz CT molecular complexity index is 1250. The molecule has 0 radical (unpaired) electrons. The van der Waals surface area contributed by atoms with Gasteiger partial charge in [0.25, 0.3) is 5.91 Å². The standard InChI is InChI=1S/C25H24N2O4/c1-15-9-11-22(31-15)21-14-19(18-7-5-6-8-20(18)27-21)25(28)26-16(2)17-10-12-23(29-3)24(13-17)30-4/h5-14,16H,1-4H3,(H,26,28)/t16-/m0/s1. The van der Waals surface area contributed by atoms with Crippen LogP contribution in [0.1, 0.15) is 34.6 Å². The van der Waals surface area contributed by atoms with E-state index in [1.165, 1.54) is 0 Å². The van der Waals surface area contributed by atoms with Gasteiger partial charge in [-0.1, -0.05) is 24.3 Å². The van der Waals surface area contributed by atoms with Gasteiger partial charge in [-0.15, -0.1) is 0 Å². The minimum Gasteiger partial charge on any atom is -0.493 e. The Morgan fingerprint density at radius 1 is 1.00 bits per heavy atom. The Balaban J connectivity index is 1.68. The second kappa shape index (κ2) is 8.52. The van der Waals surface area contributed by atoms with E-state index in [2.05, 4.69) is 10.3 Å². The second-order valence-corrected chi connectivity index (χ2v) is 7.29. The number of aromatic nitrogens is 1. The van der Waals surface area contributed by atoms with Crippen LogP contribution in [0.3, 0.4) is 0 Å². The summed E-state index contributed by atoms with van der Waals surface area (Å²) in [6.45, 7) is 3.81. The highest BCUT2D eigenvalue weighted by molar-refractivity contribution is 6.07. The van der Waals surface area contributed by atoms with Crippen LogP contribution in [0.4, 0.5) is 0 Å². The van der Waals surface area contributed by atoms with Gasteiger partial charge in [-0.3, -0.25) is 4.79 Å². The molecule has 1 atom stereocenters. The minimum absolute atomic E-state index is 0.189. The second-order valence-electron chi connectivity index (χ2n) is 7.29. The van der Waals surface area contributed by atoms with Crippen LogP contribution in [0.15, 0.2) is 65.1 Å². The van der Waals surface area contributed by atoms with Crippen molar-refractivity contribution in [1.82, 2.24) is 10.3 Å². The van der Waals surface area contributed by atoms with E-state index in [4.69, 9.17) is 13.9 Å². The van der Waals surface area contributed by atoms with Crippen molar-refractivity contribution in [3.63, 3.8) is 0 Å². The lowest BCUT2D eigenvalue weighted by Gasteiger charge is -2.17. The summed E-state index contributed by atoms with van der Waals surface area (Å²) in [4.78, 5) is 18.0. The average molecular weight is 416 g/mol. The van der Waals surface area contributed by atoms with Gasteiger partial charge in [0, 0.05) is 5.39 Å². The molecule has 6 nitrogen and oxygen atoms in total. The molecule has 0 saturated heterocycles. The first-order valence-electron chi connectivity index (χ1n) is 9.99. The van der Waals surface area contributed by atoms with Crippen LogP contribution in [0, 0.1) is 6.92 Å². The van der Waals surface area contributed by atoms with E-state index in [0.717, 1.165) is 22.2 Å². The normalized spacial score (nSPS) is 11.9. The van der Waals surface area contributed by atoms with E-state index in [-0.39, 0.29) is 11.9 Å². The highest BCUT2D eigenvalue weighted by Gasteiger charge is 2.18. The van der Waals surface area contributed by atoms with Crippen molar-refractivity contribution in [2.45, 2.75) is 19.9 Å². The van der Waals surface area contributed by atoms with Crippen LogP contribution in [0.5, 0.6) is 11.5 Å². The Labute approximate surface area is 180 Å². The molecule has 1 N–H and O–H groups in total. The summed E-state index contributed by atoms with van der Waals surface area (Å²) in [5, 5.41) is 3.87. The Morgan fingerprint density at radius 2 is 1.77 bits per heavy atom. The molecule has 0 unspecified atom stereocenters. The van der Waals surface area contributed by atoms with Crippen LogP contribution >= 0.6 is 0 Å². The molecular formula is C25H24N2O4. The summed E-state index contributed by atoms with van der Waals surface area (Å²) in [6.07, 6.45) is 0. The maximum absolute atomic E-state index is 13.3. The van der Waals surface area contributed by atoms with Gasteiger partial charge in [0.05, 0.1) is 31.3 Å². The molecule has 4 rings (SSSR count). The summed E-state index contributed by atoms with van der Waals surface area (Å²) in [6, 6.07) is 18.5. The Hall–Kier alpha value is -3.80. The zero-order valence-electron chi connectivity index (χ0n) is 17.9. The number of rotatable bonds is 6. The lowest BCUT2D eigenvalue weighted by atomic mass is 10.0. The van der Waals surface area contributed by atoms with E-state index >= 15 is 0 Å². The van der Waals surface area contributed by atoms with Gasteiger partial charge in [-0.25, -0.2) is 4.98 Å². The van der Waals surface area contributed by atoms with Gasteiger partial charge in [0.2, 0.25) is 0 Å². The molecule has 2 aromatic carbocycles. The molecule has 0 spiro atoms. The topological polar surface area (TPSA) is 73.6 Å². The van der Waals surface area contributed by atoms with Crippen molar-refractivity contribution in [1.29, 1.82) is 0 Å². The number of nitrogens with zero attached hydrogens (tertiary/aromatic N) is 1. The maximum Gasteiger partial charge on any atom is 0.252 e. The Morgan fingerprint density at radius 3 is 2.48 bits per heavy atom. The number of benzene rings is 2. The third-order valence-corrected chi connectivity index (χ3v) is 5.21. The van der Waals surface area contributed by atoms with E-state index < -0.39 is 0 Å². The third-order valence-electron chi connectivity index (χ3n) is 5.21. The number of methoxy groups -OCH3 is 2. The number of ether oxygens (including phenoxy) is 2. The van der Waals surface area contributed by atoms with Gasteiger partial charge < -0.3 is 19.2 Å². The maximum atomic E-state index is 13.3. The molecule has 0 bridgehead atoms. The number of hydrogen-bond acceptors (Lipinski definition) is 5. The smallest absolute Gasteiger partial charge is 0.252 e. The molecule has 0 saturated carbocycles. The number of carbonyl (C=O) groups excluding carboxylic acids is 1. The van der Waals surface area contributed by atoms with Gasteiger partial charge >= 0.3 is 0 Å². The molecule has 0 aliphatic rings. The van der Waals surface area contributed by atoms with Gasteiger partial charge in [0.15, 0.2) is 17.3 Å². The number of hydrogen-bond donors (Lipinski definition) is 1. The Kier molecular flexibility index (Phi) is 5.62. The molecule has 1 amide bonds. The van der Waals surface area contributed by atoms with Crippen molar-refractivity contribution >= 4 is 16.8 Å². The number of para-hydroxylation sites is 1. The van der Waals surface area contributed by atoms with E-state index in [9.17, 15) is 4.79 Å². The van der Waals surface area contributed by atoms with Crippen molar-refractivity contribution < 1.29 is 18.7 Å². The first-order valence-corrected chi connectivity index (χ1v) is 9.99. The molecule has 158 valence electrons. The fourth-order valence-corrected chi connectivity index (χ4v) is 3.54. The quantitative estimate of drug-likeness (QED) is 0.461. The number of fused-ring (bicyclic) bond motifs is 1. The van der Waals surface area contributed by atoms with E-state index in [0.29, 0.717) is 28.5 Å². The number of aryl methyl sites for hydroxylation is 1.